The number of amides is 1. The third-order valence-electron chi connectivity index (χ3n) is 3.82. The van der Waals surface area contributed by atoms with Gasteiger partial charge in [-0.2, -0.15) is 0 Å². The van der Waals surface area contributed by atoms with Gasteiger partial charge in [0.15, 0.2) is 9.84 Å². The summed E-state index contributed by atoms with van der Waals surface area (Å²) in [5.74, 6) is -1.70. The third-order valence-corrected chi connectivity index (χ3v) is 5.68. The molecule has 0 aromatic heterocycles. The largest absolute Gasteiger partial charge is 0.462 e. The Morgan fingerprint density at radius 2 is 1.85 bits per heavy atom. The molecule has 148 valence electrons. The Morgan fingerprint density at radius 3 is 2.33 bits per heavy atom. The molecule has 0 radical (unpaired) electrons. The van der Waals surface area contributed by atoms with Gasteiger partial charge in [0.05, 0.1) is 24.0 Å². The van der Waals surface area contributed by atoms with Gasteiger partial charge in [-0.25, -0.2) is 13.2 Å². The molecule has 10 heteroatoms. The Kier molecular flexibility index (Phi) is 7.19. The highest BCUT2D eigenvalue weighted by Crippen LogP contribution is 2.33. The number of halogens is 3. The first-order chi connectivity index (χ1) is 12.5. The van der Waals surface area contributed by atoms with Crippen LogP contribution in [0.3, 0.4) is 0 Å². The van der Waals surface area contributed by atoms with Crippen LogP contribution in [0.1, 0.15) is 30.1 Å². The highest BCUT2D eigenvalue weighted by atomic mass is 35.6. The van der Waals surface area contributed by atoms with E-state index in [2.05, 4.69) is 0 Å². The number of benzene rings is 1. The van der Waals surface area contributed by atoms with Crippen LogP contribution in [-0.2, 0) is 19.4 Å². The van der Waals surface area contributed by atoms with Gasteiger partial charge >= 0.3 is 5.97 Å². The summed E-state index contributed by atoms with van der Waals surface area (Å²) >= 11 is 17.2. The second-order valence-electron chi connectivity index (χ2n) is 5.93. The van der Waals surface area contributed by atoms with Crippen molar-refractivity contribution in [1.29, 1.82) is 0 Å². The highest BCUT2D eigenvalue weighted by molar-refractivity contribution is 7.94. The minimum Gasteiger partial charge on any atom is -0.462 e. The first-order valence-electron chi connectivity index (χ1n) is 8.13. The number of carbonyl (C=O) groups excluding carboxylic acids is 2. The molecule has 1 unspecified atom stereocenters. The molecule has 1 aromatic rings. The maximum absolute atomic E-state index is 12.6. The molecule has 0 aliphatic carbocycles. The number of carbonyl (C=O) groups is 2. The van der Waals surface area contributed by atoms with Crippen molar-refractivity contribution in [2.24, 2.45) is 0 Å². The van der Waals surface area contributed by atoms with E-state index < -0.39 is 31.5 Å². The zero-order valence-electron chi connectivity index (χ0n) is 14.4. The van der Waals surface area contributed by atoms with Crippen LogP contribution in [-0.4, -0.2) is 42.5 Å². The van der Waals surface area contributed by atoms with E-state index in [9.17, 15) is 18.0 Å². The lowest BCUT2D eigenvalue weighted by Gasteiger charge is -2.30. The number of hydrogen-bond donors (Lipinski definition) is 0. The third kappa shape index (κ3) is 5.85. The number of alkyl halides is 3. The molecule has 1 aromatic carbocycles. The van der Waals surface area contributed by atoms with Crippen molar-refractivity contribution in [2.75, 3.05) is 17.3 Å². The minimum atomic E-state index is -3.44. The second-order valence-corrected chi connectivity index (χ2v) is 10.1. The van der Waals surface area contributed by atoms with E-state index in [1.54, 1.807) is 0 Å². The molecule has 1 aliphatic rings. The number of anilines is 1. The van der Waals surface area contributed by atoms with Gasteiger partial charge in [0.1, 0.15) is 0 Å². The average Bonchev–Trinajstić information content (AvgIpc) is 2.94. The van der Waals surface area contributed by atoms with Crippen LogP contribution in [0, 0.1) is 0 Å². The predicted molar refractivity (Wildman–Crippen MR) is 106 cm³/mol. The Labute approximate surface area is 172 Å². The molecule has 1 amide bonds. The van der Waals surface area contributed by atoms with Gasteiger partial charge in [-0.15, -0.1) is 0 Å². The number of hydrogen-bond acceptors (Lipinski definition) is 5. The number of ether oxygens (including phenoxy) is 1. The second kappa shape index (κ2) is 8.82. The molecule has 0 fully saturated rings. The van der Waals surface area contributed by atoms with Crippen LogP contribution in [0.15, 0.2) is 35.7 Å². The van der Waals surface area contributed by atoms with E-state index in [0.29, 0.717) is 17.9 Å². The molecular weight excluding hydrogens is 437 g/mol. The Hall–Kier alpha value is -1.28. The quantitative estimate of drug-likeness (QED) is 0.372. The number of esters is 1. The number of sulfone groups is 1. The van der Waals surface area contributed by atoms with Crippen LogP contribution in [0.5, 0.6) is 0 Å². The number of unbranched alkanes of at least 4 members (excludes halogenated alkanes) is 1. The van der Waals surface area contributed by atoms with Crippen LogP contribution in [0.4, 0.5) is 5.69 Å². The lowest BCUT2D eigenvalue weighted by atomic mass is 10.1. The molecule has 1 atom stereocenters. The summed E-state index contributed by atoms with van der Waals surface area (Å²) in [6, 6.07) is 5.07. The monoisotopic (exact) mass is 453 g/mol. The van der Waals surface area contributed by atoms with Crippen molar-refractivity contribution in [1.82, 2.24) is 0 Å². The molecule has 27 heavy (non-hydrogen) atoms. The maximum atomic E-state index is 12.6. The molecule has 0 spiro atoms. The Balaban J connectivity index is 2.27. The highest BCUT2D eigenvalue weighted by Gasteiger charge is 2.41. The van der Waals surface area contributed by atoms with Gasteiger partial charge in [-0.1, -0.05) is 48.1 Å². The molecule has 2 rings (SSSR count). The van der Waals surface area contributed by atoms with Crippen molar-refractivity contribution in [3.63, 3.8) is 0 Å². The van der Waals surface area contributed by atoms with Crippen LogP contribution in [0.25, 0.3) is 0 Å². The fourth-order valence-corrected chi connectivity index (χ4v) is 4.01. The smallest absolute Gasteiger partial charge is 0.338 e. The summed E-state index contributed by atoms with van der Waals surface area (Å²) in [6.45, 7) is 2.30. The predicted octanol–water partition coefficient (Wildman–Crippen LogP) is 3.66. The van der Waals surface area contributed by atoms with Gasteiger partial charge < -0.3 is 9.64 Å². The fourth-order valence-electron chi connectivity index (χ4n) is 2.47. The van der Waals surface area contributed by atoms with Crippen LogP contribution >= 0.6 is 34.8 Å². The molecular formula is C17H18Cl3NO5S. The van der Waals surface area contributed by atoms with E-state index in [1.807, 2.05) is 6.92 Å². The molecule has 1 aliphatic heterocycles. The summed E-state index contributed by atoms with van der Waals surface area (Å²) in [4.78, 5) is 25.6. The van der Waals surface area contributed by atoms with E-state index in [4.69, 9.17) is 39.5 Å². The van der Waals surface area contributed by atoms with Crippen molar-refractivity contribution < 1.29 is 22.7 Å². The zero-order chi connectivity index (χ0) is 20.2. The summed E-state index contributed by atoms with van der Waals surface area (Å²) < 4.78 is 26.3. The lowest BCUT2D eigenvalue weighted by molar-refractivity contribution is -0.118. The molecule has 0 N–H and O–H groups in total. The van der Waals surface area contributed by atoms with Crippen molar-refractivity contribution in [3.05, 3.63) is 41.3 Å². The summed E-state index contributed by atoms with van der Waals surface area (Å²) in [5.41, 5.74) is 0.592. The van der Waals surface area contributed by atoms with E-state index in [1.165, 1.54) is 30.3 Å². The standard InChI is InChI=1S/C17H18Cl3NO5S/c1-2-3-9-26-15(22)12-4-6-13(7-5-12)21(16(23)17(18,19)20)14-8-10-27(24,25)11-14/h4-8,10,14H,2-3,9,11H2,1H3. The molecule has 0 saturated heterocycles. The van der Waals surface area contributed by atoms with E-state index in [0.717, 1.165) is 23.1 Å². The number of nitrogens with zero attached hydrogens (tertiary/aromatic N) is 1. The molecule has 0 bridgehead atoms. The fraction of sp³-hybridized carbons (Fsp3) is 0.412. The topological polar surface area (TPSA) is 80.8 Å². The van der Waals surface area contributed by atoms with E-state index in [-0.39, 0.29) is 5.75 Å². The molecule has 1 heterocycles. The normalized spacial score (nSPS) is 18.3. The maximum Gasteiger partial charge on any atom is 0.338 e. The minimum absolute atomic E-state index is 0.295. The van der Waals surface area contributed by atoms with Gasteiger partial charge in [0.2, 0.25) is 0 Å². The average molecular weight is 455 g/mol. The summed E-state index contributed by atoms with van der Waals surface area (Å²) in [7, 11) is -3.44. The lowest BCUT2D eigenvalue weighted by Crippen LogP contribution is -2.46. The van der Waals surface area contributed by atoms with Gasteiger partial charge in [-0.3, -0.25) is 4.79 Å². The first-order valence-corrected chi connectivity index (χ1v) is 11.0. The summed E-state index contributed by atoms with van der Waals surface area (Å²) in [5, 5.41) is 1.02. The first kappa shape index (κ1) is 22.0. The molecule has 0 saturated carbocycles. The van der Waals surface area contributed by atoms with Gasteiger partial charge in [0.25, 0.3) is 9.70 Å². The number of rotatable bonds is 6. The van der Waals surface area contributed by atoms with E-state index >= 15 is 0 Å². The van der Waals surface area contributed by atoms with Crippen LogP contribution in [0.2, 0.25) is 0 Å². The molecule has 6 nitrogen and oxygen atoms in total. The van der Waals surface area contributed by atoms with Crippen molar-refractivity contribution >= 4 is 62.2 Å². The van der Waals surface area contributed by atoms with Crippen LogP contribution < -0.4 is 4.90 Å². The Morgan fingerprint density at radius 1 is 1.22 bits per heavy atom. The SMILES string of the molecule is CCCCOC(=O)c1ccc(N(C(=O)C(Cl)(Cl)Cl)C2C=CS(=O)(=O)C2)cc1. The van der Waals surface area contributed by atoms with Gasteiger partial charge in [0, 0.05) is 11.1 Å². The summed E-state index contributed by atoms with van der Waals surface area (Å²) in [6.07, 6.45) is 3.02. The van der Waals surface area contributed by atoms with Crippen molar-refractivity contribution in [2.45, 2.75) is 29.6 Å². The Bertz CT molecular complexity index is 831. The van der Waals surface area contributed by atoms with Crippen molar-refractivity contribution in [3.8, 4) is 0 Å². The van der Waals surface area contributed by atoms with Gasteiger partial charge in [-0.05, 0) is 36.8 Å². The zero-order valence-corrected chi connectivity index (χ0v) is 17.5.